The predicted molar refractivity (Wildman–Crippen MR) is 41.0 cm³/mol. The van der Waals surface area contributed by atoms with Gasteiger partial charge in [0.15, 0.2) is 12.4 Å². The number of nitrogens with zero attached hydrogens (tertiary/aromatic N) is 7. The number of aromatic nitrogens is 2. The molecule has 0 spiro atoms. The lowest BCUT2D eigenvalue weighted by molar-refractivity contribution is 0.0863. The molecule has 2 N–H and O–H groups in total. The summed E-state index contributed by atoms with van der Waals surface area (Å²) in [6, 6.07) is 0. The van der Waals surface area contributed by atoms with Crippen molar-refractivity contribution in [2.45, 2.75) is 13.2 Å². The molecule has 0 saturated carbocycles. The molecule has 0 unspecified atom stereocenters. The van der Waals surface area contributed by atoms with E-state index in [-0.39, 0.29) is 24.9 Å². The highest BCUT2D eigenvalue weighted by atomic mass is 16.6. The lowest BCUT2D eigenvalue weighted by Crippen LogP contribution is -1.89. The van der Waals surface area contributed by atoms with Gasteiger partial charge in [0.05, 0.1) is 6.54 Å². The highest BCUT2D eigenvalue weighted by molar-refractivity contribution is 4.84. The van der Waals surface area contributed by atoms with Crippen LogP contribution in [0.15, 0.2) is 20.1 Å². The first-order valence-corrected chi connectivity index (χ1v) is 3.41. The van der Waals surface area contributed by atoms with Crippen LogP contribution in [0.25, 0.3) is 10.4 Å². The van der Waals surface area contributed by atoms with E-state index in [1.165, 1.54) is 0 Å². The Kier molecular flexibility index (Phi) is 3.70. The lowest BCUT2D eigenvalue weighted by atomic mass is 10.6. The van der Waals surface area contributed by atoms with Gasteiger partial charge in [-0.2, -0.15) is 4.98 Å². The van der Waals surface area contributed by atoms with Gasteiger partial charge in [0.1, 0.15) is 0 Å². The average Bonchev–Trinajstić information content (AvgIpc) is 2.63. The van der Waals surface area contributed by atoms with Gasteiger partial charge in [0, 0.05) is 10.2 Å². The van der Waals surface area contributed by atoms with E-state index in [2.05, 4.69) is 41.3 Å². The van der Waals surface area contributed by atoms with Crippen molar-refractivity contribution in [1.82, 2.24) is 10.1 Å². The fourth-order valence-electron chi connectivity index (χ4n) is 0.625. The van der Waals surface area contributed by atoms with Gasteiger partial charge in [-0.25, -0.2) is 0 Å². The van der Waals surface area contributed by atoms with Gasteiger partial charge in [-0.1, -0.05) is 10.3 Å². The summed E-state index contributed by atoms with van der Waals surface area (Å²) >= 11 is 0. The zero-order chi connectivity index (χ0) is 10.2. The first kappa shape index (κ1) is 9.74. The summed E-state index contributed by atoms with van der Waals surface area (Å²) in [5.41, 5.74) is 8.01. The van der Waals surface area contributed by atoms with E-state index in [9.17, 15) is 0 Å². The first-order chi connectivity index (χ1) is 6.86. The molecular formula is C4H6N8O2. The maximum Gasteiger partial charge on any atom is 0.267 e. The fraction of sp³-hybridized carbons (Fsp3) is 0.500. The van der Waals surface area contributed by atoms with Crippen LogP contribution in [0.1, 0.15) is 11.7 Å². The maximum atomic E-state index is 8.01. The quantitative estimate of drug-likeness (QED) is 0.242. The van der Waals surface area contributed by atoms with Gasteiger partial charge in [0.25, 0.3) is 5.89 Å². The van der Waals surface area contributed by atoms with Crippen molar-refractivity contribution in [1.29, 1.82) is 0 Å². The minimum absolute atomic E-state index is 0.0262. The van der Waals surface area contributed by atoms with Gasteiger partial charge >= 0.3 is 0 Å². The van der Waals surface area contributed by atoms with Crippen LogP contribution in [-0.2, 0) is 18.0 Å². The Hall–Kier alpha value is -2.35. The Balaban J connectivity index is 2.46. The van der Waals surface area contributed by atoms with Crippen LogP contribution in [0.3, 0.4) is 0 Å². The Labute approximate surface area is 77.3 Å². The Morgan fingerprint density at radius 3 is 3.21 bits per heavy atom. The number of hydrogen-bond donors (Lipinski definition) is 1. The molecule has 0 aliphatic heterocycles. The molecule has 0 amide bonds. The van der Waals surface area contributed by atoms with Crippen LogP contribution in [-0.4, -0.2) is 10.1 Å². The number of nitrogens with two attached hydrogens (primary N) is 1. The zero-order valence-corrected chi connectivity index (χ0v) is 6.94. The molecule has 10 nitrogen and oxygen atoms in total. The van der Waals surface area contributed by atoms with Crippen molar-refractivity contribution >= 4 is 0 Å². The van der Waals surface area contributed by atoms with E-state index in [0.717, 1.165) is 0 Å². The largest absolute Gasteiger partial charge is 0.368 e. The normalized spacial score (nSPS) is 10.0. The van der Waals surface area contributed by atoms with Crippen molar-refractivity contribution in [3.05, 3.63) is 22.2 Å². The summed E-state index contributed by atoms with van der Waals surface area (Å²) < 4.78 is 4.70. The molecule has 0 radical (unpaired) electrons. The molecule has 0 atom stereocenters. The molecule has 0 saturated heterocycles. The molecule has 0 aliphatic rings. The summed E-state index contributed by atoms with van der Waals surface area (Å²) in [5, 5.41) is 12.6. The zero-order valence-electron chi connectivity index (χ0n) is 6.94. The first-order valence-electron chi connectivity index (χ1n) is 3.41. The van der Waals surface area contributed by atoms with E-state index in [4.69, 9.17) is 10.1 Å². The summed E-state index contributed by atoms with van der Waals surface area (Å²) in [7, 11) is 0. The van der Waals surface area contributed by atoms with E-state index < -0.39 is 0 Å². The minimum Gasteiger partial charge on any atom is -0.368 e. The molecule has 74 valence electrons. The molecule has 1 aromatic rings. The van der Waals surface area contributed by atoms with Crippen LogP contribution in [0.2, 0.25) is 0 Å². The lowest BCUT2D eigenvalue weighted by Gasteiger charge is -1.87. The van der Waals surface area contributed by atoms with Gasteiger partial charge in [-0.3, -0.25) is 0 Å². The second-order valence-corrected chi connectivity index (χ2v) is 1.96. The van der Waals surface area contributed by atoms with Gasteiger partial charge in [-0.15, -0.1) is 0 Å². The molecule has 0 aromatic carbocycles. The minimum atomic E-state index is -0.0377. The predicted octanol–water partition coefficient (Wildman–Crippen LogP) is 0.637. The van der Waals surface area contributed by atoms with E-state index >= 15 is 0 Å². The van der Waals surface area contributed by atoms with Crippen molar-refractivity contribution in [3.63, 3.8) is 0 Å². The monoisotopic (exact) mass is 198 g/mol. The summed E-state index contributed by atoms with van der Waals surface area (Å²) in [4.78, 5) is 10.9. The van der Waals surface area contributed by atoms with E-state index in [1.807, 2.05) is 0 Å². The molecule has 10 heteroatoms. The topological polar surface area (TPSA) is 148 Å². The second-order valence-electron chi connectivity index (χ2n) is 1.96. The number of rotatable bonds is 5. The van der Waals surface area contributed by atoms with Crippen LogP contribution >= 0.6 is 0 Å². The number of azide groups is 1. The maximum absolute atomic E-state index is 8.01. The highest BCUT2D eigenvalue weighted by Gasteiger charge is 2.04. The third-order valence-electron chi connectivity index (χ3n) is 1.08. The van der Waals surface area contributed by atoms with Gasteiger partial charge in [0.2, 0.25) is 0 Å². The van der Waals surface area contributed by atoms with Crippen molar-refractivity contribution < 1.29 is 9.36 Å². The molecule has 1 heterocycles. The average molecular weight is 198 g/mol. The number of hydrogen-bond acceptors (Lipinski definition) is 7. The van der Waals surface area contributed by atoms with Crippen LogP contribution in [0, 0.1) is 0 Å². The third kappa shape index (κ3) is 2.95. The standard InChI is InChI=1S/C4H6N8O2/c5-10-7-1-3-8-4(14-9-3)2-13-12-11-6/h1-2H2,(H2,6,12). The molecule has 1 aromatic heterocycles. The Bertz CT molecular complexity index is 352. The van der Waals surface area contributed by atoms with Gasteiger partial charge in [-0.05, 0) is 10.8 Å². The van der Waals surface area contributed by atoms with Crippen LogP contribution in [0.5, 0.6) is 0 Å². The third-order valence-corrected chi connectivity index (χ3v) is 1.08. The van der Waals surface area contributed by atoms with E-state index in [1.54, 1.807) is 0 Å². The smallest absolute Gasteiger partial charge is 0.267 e. The van der Waals surface area contributed by atoms with Crippen molar-refractivity contribution in [2.24, 2.45) is 21.5 Å². The summed E-state index contributed by atoms with van der Waals surface area (Å²) in [6.07, 6.45) is 0. The van der Waals surface area contributed by atoms with E-state index in [0.29, 0.717) is 0 Å². The second kappa shape index (κ2) is 5.32. The Morgan fingerprint density at radius 2 is 2.50 bits per heavy atom. The summed E-state index contributed by atoms with van der Waals surface area (Å²) in [5.74, 6) is 5.14. The Morgan fingerprint density at radius 1 is 1.64 bits per heavy atom. The molecule has 1 rings (SSSR count). The van der Waals surface area contributed by atoms with Gasteiger partial charge < -0.3 is 15.2 Å². The fourth-order valence-corrected chi connectivity index (χ4v) is 0.625. The molecule has 0 fully saturated rings. The summed E-state index contributed by atoms with van der Waals surface area (Å²) in [6.45, 7) is -0.0115. The molecule has 0 bridgehead atoms. The van der Waals surface area contributed by atoms with Crippen LogP contribution < -0.4 is 5.84 Å². The van der Waals surface area contributed by atoms with Crippen molar-refractivity contribution in [3.8, 4) is 0 Å². The SMILES string of the molecule is [N-]=[N+]=NCc1noc(CON=NN)n1. The van der Waals surface area contributed by atoms with Crippen LogP contribution in [0.4, 0.5) is 0 Å². The highest BCUT2D eigenvalue weighted by Crippen LogP contribution is 2.00. The molecular weight excluding hydrogens is 192 g/mol. The molecule has 14 heavy (non-hydrogen) atoms. The molecule has 0 aliphatic carbocycles. The van der Waals surface area contributed by atoms with Crippen molar-refractivity contribution in [2.75, 3.05) is 0 Å².